The van der Waals surface area contributed by atoms with E-state index in [1.54, 1.807) is 24.3 Å². The van der Waals surface area contributed by atoms with Crippen LogP contribution in [0.3, 0.4) is 0 Å². The van der Waals surface area contributed by atoms with Gasteiger partial charge in [0.15, 0.2) is 24.8 Å². The largest absolute Gasteiger partial charge is 0.744 e. The van der Waals surface area contributed by atoms with Crippen LogP contribution in [0.1, 0.15) is 11.1 Å². The highest BCUT2D eigenvalue weighted by atomic mass is 32.2. The Morgan fingerprint density at radius 2 is 0.806 bits per heavy atom. The zero-order valence-corrected chi connectivity index (χ0v) is 21.6. The molecule has 2 aromatic carbocycles. The molecule has 0 unspecified atom stereocenters. The van der Waals surface area contributed by atoms with Crippen LogP contribution in [0.2, 0.25) is 0 Å². The highest BCUT2D eigenvalue weighted by Crippen LogP contribution is 2.09. The molecule has 0 amide bonds. The summed E-state index contributed by atoms with van der Waals surface area (Å²) in [5.74, 6) is 0. The maximum atomic E-state index is 10.4. The molecule has 0 radical (unpaired) electrons. The molecule has 2 aromatic heterocycles. The number of rotatable bonds is 5. The summed E-state index contributed by atoms with van der Waals surface area (Å²) in [6.07, 6.45) is 8.35. The van der Waals surface area contributed by atoms with Gasteiger partial charge in [-0.15, -0.1) is 0 Å². The minimum atomic E-state index is -4.27. The Balaban J connectivity index is 0.000000193. The van der Waals surface area contributed by atoms with E-state index in [1.807, 2.05) is 26.0 Å². The Labute approximate surface area is 212 Å². The lowest BCUT2D eigenvalue weighted by Gasteiger charge is -2.05. The van der Waals surface area contributed by atoms with E-state index in [0.717, 1.165) is 24.2 Å². The molecule has 0 fully saturated rings. The number of pyridine rings is 2. The summed E-state index contributed by atoms with van der Waals surface area (Å²) >= 11 is 0. The highest BCUT2D eigenvalue weighted by Gasteiger charge is 2.03. The van der Waals surface area contributed by atoms with Gasteiger partial charge in [0.2, 0.25) is 13.1 Å². The van der Waals surface area contributed by atoms with Gasteiger partial charge in [-0.05, 0) is 38.1 Å². The minimum absolute atomic E-state index is 0.178. The Bertz CT molecular complexity index is 1300. The molecule has 0 N–H and O–H groups in total. The topological polar surface area (TPSA) is 122 Å². The van der Waals surface area contributed by atoms with Crippen LogP contribution in [0.4, 0.5) is 0 Å². The van der Waals surface area contributed by atoms with Crippen LogP contribution in [-0.4, -0.2) is 25.9 Å². The van der Waals surface area contributed by atoms with Gasteiger partial charge in [0.1, 0.15) is 20.2 Å². The molecule has 0 saturated carbocycles. The summed E-state index contributed by atoms with van der Waals surface area (Å²) < 4.78 is 66.7. The van der Waals surface area contributed by atoms with Crippen molar-refractivity contribution in [3.8, 4) is 0 Å². The quantitative estimate of drug-likeness (QED) is 0.290. The maximum Gasteiger partial charge on any atom is 0.206 e. The van der Waals surface area contributed by atoms with Gasteiger partial charge in [0.25, 0.3) is 0 Å². The van der Waals surface area contributed by atoms with Crippen LogP contribution in [0, 0.1) is 13.8 Å². The average Bonchev–Trinajstić information content (AvgIpc) is 2.84. The molecule has 0 atom stereocenters. The fourth-order valence-electron chi connectivity index (χ4n) is 2.81. The lowest BCUT2D eigenvalue weighted by atomic mass is 10.2. The molecule has 2 heterocycles. The van der Waals surface area contributed by atoms with Crippen molar-refractivity contribution in [2.45, 2.75) is 36.7 Å². The van der Waals surface area contributed by atoms with Gasteiger partial charge in [0, 0.05) is 24.3 Å². The number of nitrogens with zero attached hydrogens (tertiary/aromatic N) is 2. The zero-order chi connectivity index (χ0) is 26.6. The van der Waals surface area contributed by atoms with Crippen LogP contribution < -0.4 is 9.13 Å². The predicted molar refractivity (Wildman–Crippen MR) is 132 cm³/mol. The van der Waals surface area contributed by atoms with Crippen LogP contribution in [-0.2, 0) is 33.3 Å². The number of aryl methyl sites for hydroxylation is 4. The number of aromatic nitrogens is 2. The van der Waals surface area contributed by atoms with Gasteiger partial charge >= 0.3 is 0 Å². The van der Waals surface area contributed by atoms with Crippen molar-refractivity contribution in [3.63, 3.8) is 0 Å². The summed E-state index contributed by atoms with van der Waals surface area (Å²) in [6.45, 7) is 5.66. The number of hydrogen-bond donors (Lipinski definition) is 0. The van der Waals surface area contributed by atoms with E-state index in [9.17, 15) is 25.9 Å². The van der Waals surface area contributed by atoms with Crippen LogP contribution in [0.5, 0.6) is 0 Å². The van der Waals surface area contributed by atoms with Gasteiger partial charge in [0.05, 0.1) is 9.79 Å². The van der Waals surface area contributed by atoms with Crippen LogP contribution >= 0.6 is 0 Å². The molecule has 36 heavy (non-hydrogen) atoms. The first-order chi connectivity index (χ1) is 16.9. The summed E-state index contributed by atoms with van der Waals surface area (Å²) in [6, 6.07) is 23.8. The number of hydrogen-bond acceptors (Lipinski definition) is 6. The first-order valence-electron chi connectivity index (χ1n) is 10.9. The van der Waals surface area contributed by atoms with Crippen LogP contribution in [0.15, 0.2) is 120 Å². The Hall–Kier alpha value is -3.44. The molecular formula is C26H28N2O6S2. The van der Waals surface area contributed by atoms with Gasteiger partial charge in [-0.2, -0.15) is 9.13 Å². The predicted octanol–water partition coefficient (Wildman–Crippen LogP) is 2.76. The second-order valence-electron chi connectivity index (χ2n) is 7.76. The van der Waals surface area contributed by atoms with Gasteiger partial charge in [-0.3, -0.25) is 0 Å². The molecule has 190 valence electrons. The third-order valence-corrected chi connectivity index (χ3v) is 6.49. The maximum absolute atomic E-state index is 10.4. The van der Waals surface area contributed by atoms with Gasteiger partial charge in [-0.25, -0.2) is 16.8 Å². The molecular weight excluding hydrogens is 500 g/mol. The third kappa shape index (κ3) is 10.9. The molecule has 4 rings (SSSR count). The summed E-state index contributed by atoms with van der Waals surface area (Å²) in [4.78, 5) is -0.355. The SMILES string of the molecule is Cc1ccc(S(=O)(=O)[O-])cc1.Cc1ccc(S(=O)(=O)[O-])cc1.c1cc[n+](CC[n+]2ccccc2)cc1. The Kier molecular flexibility index (Phi) is 10.9. The molecule has 4 aromatic rings. The molecule has 0 spiro atoms. The van der Waals surface area contributed by atoms with Crippen LogP contribution in [0.25, 0.3) is 0 Å². The van der Waals surface area contributed by atoms with Crippen molar-refractivity contribution in [2.75, 3.05) is 0 Å². The Morgan fingerprint density at radius 1 is 0.528 bits per heavy atom. The lowest BCUT2D eigenvalue weighted by Crippen LogP contribution is -2.43. The highest BCUT2D eigenvalue weighted by molar-refractivity contribution is 7.86. The first kappa shape index (κ1) is 28.8. The van der Waals surface area contributed by atoms with E-state index in [2.05, 4.69) is 58.2 Å². The van der Waals surface area contributed by atoms with Gasteiger partial charge < -0.3 is 9.11 Å². The third-order valence-electron chi connectivity index (χ3n) is 4.79. The van der Waals surface area contributed by atoms with Crippen molar-refractivity contribution >= 4 is 20.2 Å². The molecule has 8 nitrogen and oxygen atoms in total. The average molecular weight is 529 g/mol. The standard InChI is InChI=1S/C12H14N2.2C7H8O3S/c1-3-7-13(8-4-1)11-12-14-9-5-2-6-10-14;2*1-6-2-4-7(5-3-6)11(8,9)10/h1-10H,11-12H2;2*2-5H,1H3,(H,8,9,10)/q+2;;/p-2. The summed E-state index contributed by atoms with van der Waals surface area (Å²) in [7, 11) is -8.54. The van der Waals surface area contributed by atoms with Crippen molar-refractivity contribution in [1.82, 2.24) is 0 Å². The summed E-state index contributed by atoms with van der Waals surface area (Å²) in [5.41, 5.74) is 1.86. The Morgan fingerprint density at radius 3 is 1.06 bits per heavy atom. The van der Waals surface area contributed by atoms with E-state index in [0.29, 0.717) is 0 Å². The molecule has 0 aliphatic carbocycles. The van der Waals surface area contributed by atoms with E-state index in [1.165, 1.54) is 24.3 Å². The van der Waals surface area contributed by atoms with Crippen molar-refractivity contribution in [2.24, 2.45) is 0 Å². The molecule has 0 aliphatic heterocycles. The molecule has 0 bridgehead atoms. The molecule has 0 aliphatic rings. The minimum Gasteiger partial charge on any atom is -0.744 e. The normalized spacial score (nSPS) is 10.9. The van der Waals surface area contributed by atoms with E-state index in [4.69, 9.17) is 0 Å². The molecule has 0 saturated heterocycles. The van der Waals surface area contributed by atoms with Crippen molar-refractivity contribution in [1.29, 1.82) is 0 Å². The zero-order valence-electron chi connectivity index (χ0n) is 20.0. The van der Waals surface area contributed by atoms with Gasteiger partial charge in [-0.1, -0.05) is 47.5 Å². The smallest absolute Gasteiger partial charge is 0.206 e. The van der Waals surface area contributed by atoms with Crippen molar-refractivity contribution < 1.29 is 35.1 Å². The molecule has 10 heteroatoms. The second kappa shape index (κ2) is 13.6. The monoisotopic (exact) mass is 528 g/mol. The lowest BCUT2D eigenvalue weighted by molar-refractivity contribution is -0.778. The summed E-state index contributed by atoms with van der Waals surface area (Å²) in [5, 5.41) is 0. The van der Waals surface area contributed by atoms with E-state index in [-0.39, 0.29) is 9.79 Å². The number of benzene rings is 2. The van der Waals surface area contributed by atoms with Crippen molar-refractivity contribution in [3.05, 3.63) is 121 Å². The second-order valence-corrected chi connectivity index (χ2v) is 10.5. The van der Waals surface area contributed by atoms with E-state index >= 15 is 0 Å². The fraction of sp³-hybridized carbons (Fsp3) is 0.154. The first-order valence-corrected chi connectivity index (χ1v) is 13.7. The fourth-order valence-corrected chi connectivity index (χ4v) is 3.75. The van der Waals surface area contributed by atoms with E-state index < -0.39 is 20.2 Å².